The molecular formula is C23H24ClN5O4. The fourth-order valence-corrected chi connectivity index (χ4v) is 4.62. The van der Waals surface area contributed by atoms with Crippen molar-refractivity contribution in [3.63, 3.8) is 0 Å². The number of aromatic nitrogens is 3. The summed E-state index contributed by atoms with van der Waals surface area (Å²) >= 11 is 6.33. The Morgan fingerprint density at radius 1 is 1.30 bits per heavy atom. The molecule has 2 aliphatic rings. The molecule has 1 fully saturated rings. The Morgan fingerprint density at radius 2 is 2.21 bits per heavy atom. The molecule has 0 aliphatic carbocycles. The number of para-hydroxylation sites is 1. The van der Waals surface area contributed by atoms with Crippen LogP contribution in [0.1, 0.15) is 28.4 Å². The van der Waals surface area contributed by atoms with Gasteiger partial charge < -0.3 is 29.8 Å². The number of carbonyl (C=O) groups excluding carboxylic acids is 1. The van der Waals surface area contributed by atoms with Crippen LogP contribution >= 0.6 is 11.6 Å². The van der Waals surface area contributed by atoms with Crippen molar-refractivity contribution < 1.29 is 19.0 Å². The molecule has 2 aliphatic heterocycles. The quantitative estimate of drug-likeness (QED) is 0.506. The highest BCUT2D eigenvalue weighted by molar-refractivity contribution is 6.32. The van der Waals surface area contributed by atoms with Crippen LogP contribution in [0.15, 0.2) is 36.8 Å². The van der Waals surface area contributed by atoms with Gasteiger partial charge in [-0.2, -0.15) is 0 Å². The van der Waals surface area contributed by atoms with E-state index in [1.165, 1.54) is 6.33 Å². The minimum Gasteiger partial charge on any atom is -0.493 e. The normalized spacial score (nSPS) is 20.1. The molecule has 10 heteroatoms. The Kier molecular flexibility index (Phi) is 6.17. The summed E-state index contributed by atoms with van der Waals surface area (Å²) in [7, 11) is 1.55. The summed E-state index contributed by atoms with van der Waals surface area (Å²) in [6.07, 6.45) is 3.83. The van der Waals surface area contributed by atoms with E-state index in [0.29, 0.717) is 65.5 Å². The molecule has 3 N–H and O–H groups in total. The molecule has 5 rings (SSSR count). The minimum absolute atomic E-state index is 0.0261. The molecule has 2 aromatic heterocycles. The lowest BCUT2D eigenvalue weighted by molar-refractivity contribution is -0.0928. The van der Waals surface area contributed by atoms with Gasteiger partial charge in [-0.3, -0.25) is 4.79 Å². The monoisotopic (exact) mass is 469 g/mol. The van der Waals surface area contributed by atoms with Gasteiger partial charge in [-0.05, 0) is 24.6 Å². The molecular weight excluding hydrogens is 446 g/mol. The number of ether oxygens (including phenoxy) is 3. The van der Waals surface area contributed by atoms with Gasteiger partial charge in [0, 0.05) is 24.4 Å². The van der Waals surface area contributed by atoms with E-state index in [0.717, 1.165) is 12.1 Å². The molecule has 0 bridgehead atoms. The van der Waals surface area contributed by atoms with Gasteiger partial charge in [0.2, 0.25) is 0 Å². The number of halogens is 1. The second-order valence-electron chi connectivity index (χ2n) is 7.91. The molecule has 2 atom stereocenters. The number of hydrogen-bond acceptors (Lipinski definition) is 7. The number of methoxy groups -OCH3 is 1. The van der Waals surface area contributed by atoms with Crippen molar-refractivity contribution in [2.24, 2.45) is 0 Å². The van der Waals surface area contributed by atoms with E-state index < -0.39 is 0 Å². The van der Waals surface area contributed by atoms with E-state index in [4.69, 9.17) is 25.8 Å². The van der Waals surface area contributed by atoms with Gasteiger partial charge in [-0.25, -0.2) is 9.97 Å². The molecule has 172 valence electrons. The first kappa shape index (κ1) is 21.7. The van der Waals surface area contributed by atoms with E-state index >= 15 is 0 Å². The number of nitrogens with zero attached hydrogens (tertiary/aromatic N) is 2. The standard InChI is InChI=1S/C23H24ClN5O4/c1-31-22-15(24)3-2-4-17(22)28-21-18-19(29-20(21)16-5-6-25-12-27-16)13(10-26-23(18)30)9-14-11-32-7-8-33-14/h2-6,12-14,28-29H,7-11H2,1H3,(H,26,30)/t13-,14-/m1/s1. The smallest absolute Gasteiger partial charge is 0.255 e. The maximum atomic E-state index is 13.1. The Balaban J connectivity index is 1.60. The Morgan fingerprint density at radius 3 is 2.97 bits per heavy atom. The number of benzene rings is 1. The van der Waals surface area contributed by atoms with Crippen LogP contribution in [0.3, 0.4) is 0 Å². The summed E-state index contributed by atoms with van der Waals surface area (Å²) in [5, 5.41) is 6.86. The molecule has 4 heterocycles. The summed E-state index contributed by atoms with van der Waals surface area (Å²) in [6.45, 7) is 2.24. The van der Waals surface area contributed by atoms with Crippen LogP contribution in [0, 0.1) is 0 Å². The van der Waals surface area contributed by atoms with Gasteiger partial charge in [0.15, 0.2) is 5.75 Å². The molecule has 33 heavy (non-hydrogen) atoms. The van der Waals surface area contributed by atoms with Crippen molar-refractivity contribution in [2.45, 2.75) is 18.4 Å². The Labute approximate surface area is 195 Å². The van der Waals surface area contributed by atoms with Crippen LogP contribution in [0.25, 0.3) is 11.4 Å². The Hall–Kier alpha value is -3.14. The molecule has 0 saturated carbocycles. The number of anilines is 2. The fraction of sp³-hybridized carbons (Fsp3) is 0.348. The third kappa shape index (κ3) is 4.27. The summed E-state index contributed by atoms with van der Waals surface area (Å²) in [6, 6.07) is 7.21. The van der Waals surface area contributed by atoms with Gasteiger partial charge in [0.25, 0.3) is 5.91 Å². The number of carbonyl (C=O) groups is 1. The van der Waals surface area contributed by atoms with E-state index in [-0.39, 0.29) is 17.9 Å². The number of hydrogen-bond donors (Lipinski definition) is 3. The molecule has 9 nitrogen and oxygen atoms in total. The molecule has 3 aromatic rings. The fourth-order valence-electron chi connectivity index (χ4n) is 4.36. The van der Waals surface area contributed by atoms with Crippen molar-refractivity contribution in [3.8, 4) is 17.1 Å². The molecule has 0 radical (unpaired) electrons. The number of amides is 1. The van der Waals surface area contributed by atoms with Crippen molar-refractivity contribution in [1.82, 2.24) is 20.3 Å². The third-order valence-electron chi connectivity index (χ3n) is 5.87. The number of nitrogens with one attached hydrogen (secondary N) is 3. The molecule has 0 unspecified atom stereocenters. The number of aromatic amines is 1. The zero-order valence-electron chi connectivity index (χ0n) is 18.1. The van der Waals surface area contributed by atoms with E-state index in [9.17, 15) is 4.79 Å². The third-order valence-corrected chi connectivity index (χ3v) is 6.17. The van der Waals surface area contributed by atoms with Crippen molar-refractivity contribution in [3.05, 3.63) is 53.1 Å². The first-order valence-electron chi connectivity index (χ1n) is 10.7. The highest BCUT2D eigenvalue weighted by Gasteiger charge is 2.35. The topological polar surface area (TPSA) is 110 Å². The highest BCUT2D eigenvalue weighted by Crippen LogP contribution is 2.42. The van der Waals surface area contributed by atoms with Crippen LogP contribution < -0.4 is 15.4 Å². The van der Waals surface area contributed by atoms with Gasteiger partial charge in [-0.1, -0.05) is 17.7 Å². The van der Waals surface area contributed by atoms with Crippen molar-refractivity contribution in [2.75, 3.05) is 38.8 Å². The lowest BCUT2D eigenvalue weighted by atomic mass is 9.91. The lowest BCUT2D eigenvalue weighted by Gasteiger charge is -2.29. The van der Waals surface area contributed by atoms with Crippen LogP contribution in [-0.4, -0.2) is 60.4 Å². The second kappa shape index (κ2) is 9.38. The number of rotatable bonds is 6. The van der Waals surface area contributed by atoms with Crippen LogP contribution in [0.4, 0.5) is 11.4 Å². The Bertz CT molecular complexity index is 1150. The zero-order valence-corrected chi connectivity index (χ0v) is 18.8. The van der Waals surface area contributed by atoms with E-state index in [1.807, 2.05) is 12.1 Å². The average molecular weight is 470 g/mol. The SMILES string of the molecule is COc1c(Cl)cccc1Nc1c(-c2ccncn2)[nH]c2c1C(=O)NC[C@H]2C[C@@H]1COCCO1. The molecule has 1 aromatic carbocycles. The maximum Gasteiger partial charge on any atom is 0.255 e. The predicted octanol–water partition coefficient (Wildman–Crippen LogP) is 3.51. The van der Waals surface area contributed by atoms with Gasteiger partial charge in [-0.15, -0.1) is 0 Å². The van der Waals surface area contributed by atoms with Crippen LogP contribution in [-0.2, 0) is 9.47 Å². The van der Waals surface area contributed by atoms with Gasteiger partial charge in [0.1, 0.15) is 6.33 Å². The molecule has 0 spiro atoms. The van der Waals surface area contributed by atoms with Gasteiger partial charge >= 0.3 is 0 Å². The second-order valence-corrected chi connectivity index (χ2v) is 8.32. The van der Waals surface area contributed by atoms with Crippen LogP contribution in [0.5, 0.6) is 5.75 Å². The summed E-state index contributed by atoms with van der Waals surface area (Å²) in [5.74, 6) is 0.354. The minimum atomic E-state index is -0.165. The molecule has 1 saturated heterocycles. The van der Waals surface area contributed by atoms with Gasteiger partial charge in [0.05, 0.1) is 66.4 Å². The zero-order chi connectivity index (χ0) is 22.8. The number of H-pyrrole nitrogens is 1. The summed E-state index contributed by atoms with van der Waals surface area (Å²) < 4.78 is 16.9. The predicted molar refractivity (Wildman–Crippen MR) is 123 cm³/mol. The lowest BCUT2D eigenvalue weighted by Crippen LogP contribution is -2.38. The summed E-state index contributed by atoms with van der Waals surface area (Å²) in [4.78, 5) is 25.0. The highest BCUT2D eigenvalue weighted by atomic mass is 35.5. The average Bonchev–Trinajstić information content (AvgIpc) is 3.23. The van der Waals surface area contributed by atoms with Crippen molar-refractivity contribution >= 4 is 28.9 Å². The first-order valence-corrected chi connectivity index (χ1v) is 11.1. The van der Waals surface area contributed by atoms with Crippen LogP contribution in [0.2, 0.25) is 5.02 Å². The van der Waals surface area contributed by atoms with E-state index in [2.05, 4.69) is 25.6 Å². The van der Waals surface area contributed by atoms with E-state index in [1.54, 1.807) is 25.4 Å². The largest absolute Gasteiger partial charge is 0.493 e. The first-order chi connectivity index (χ1) is 16.2. The number of fused-ring (bicyclic) bond motifs is 1. The summed E-state index contributed by atoms with van der Waals surface area (Å²) in [5.41, 5.74) is 3.97. The molecule has 1 amide bonds. The maximum absolute atomic E-state index is 13.1. The van der Waals surface area contributed by atoms with Crippen molar-refractivity contribution in [1.29, 1.82) is 0 Å².